The predicted octanol–water partition coefficient (Wildman–Crippen LogP) is 3.21. The van der Waals surface area contributed by atoms with Gasteiger partial charge >= 0.3 is 0 Å². The van der Waals surface area contributed by atoms with Gasteiger partial charge in [-0.1, -0.05) is 12.1 Å². The molecule has 0 amide bonds. The van der Waals surface area contributed by atoms with E-state index in [1.807, 2.05) is 19.0 Å². The Kier molecular flexibility index (Phi) is 4.07. The molecule has 2 rings (SSSR count). The summed E-state index contributed by atoms with van der Waals surface area (Å²) in [5.41, 5.74) is 1.75. The molecule has 0 aliphatic rings. The van der Waals surface area contributed by atoms with Gasteiger partial charge in [0.2, 0.25) is 0 Å². The number of Topliss-reactive ketones (excluding diaryl/α,β-unsaturated/α-hetero) is 1. The minimum absolute atomic E-state index is 0.0432. The molecule has 1 heterocycles. The van der Waals surface area contributed by atoms with Gasteiger partial charge in [0.25, 0.3) is 0 Å². The lowest BCUT2D eigenvalue weighted by Crippen LogP contribution is -2.11. The average Bonchev–Trinajstić information content (AvgIpc) is 2.73. The predicted molar refractivity (Wildman–Crippen MR) is 74.9 cm³/mol. The number of thiazole rings is 1. The molecule has 3 nitrogen and oxygen atoms in total. The van der Waals surface area contributed by atoms with E-state index in [1.165, 1.54) is 30.4 Å². The number of hydrogen-bond donors (Lipinski definition) is 0. The highest BCUT2D eigenvalue weighted by Gasteiger charge is 2.16. The molecule has 5 heteroatoms. The summed E-state index contributed by atoms with van der Waals surface area (Å²) < 4.78 is 13.0. The van der Waals surface area contributed by atoms with E-state index in [2.05, 4.69) is 4.98 Å². The van der Waals surface area contributed by atoms with E-state index < -0.39 is 0 Å². The summed E-state index contributed by atoms with van der Waals surface area (Å²) in [6.07, 6.45) is 0. The van der Waals surface area contributed by atoms with Gasteiger partial charge in [-0.15, -0.1) is 11.3 Å². The summed E-state index contributed by atoms with van der Waals surface area (Å²) in [7, 11) is 3.89. The fourth-order valence-electron chi connectivity index (χ4n) is 1.74. The Morgan fingerprint density at radius 3 is 2.47 bits per heavy atom. The molecule has 0 saturated heterocycles. The van der Waals surface area contributed by atoms with Crippen molar-refractivity contribution >= 4 is 17.1 Å². The molecule has 0 N–H and O–H groups in total. The van der Waals surface area contributed by atoms with Crippen LogP contribution in [0.3, 0.4) is 0 Å². The number of halogens is 1. The van der Waals surface area contributed by atoms with Crippen LogP contribution in [0.4, 0.5) is 4.39 Å². The summed E-state index contributed by atoms with van der Waals surface area (Å²) in [6, 6.07) is 6.27. The lowest BCUT2D eigenvalue weighted by Gasteiger charge is -2.08. The molecule has 0 aliphatic heterocycles. The van der Waals surface area contributed by atoms with Crippen molar-refractivity contribution < 1.29 is 9.18 Å². The summed E-state index contributed by atoms with van der Waals surface area (Å²) in [5.74, 6) is -0.312. The normalized spacial score (nSPS) is 11.0. The number of ketones is 1. The van der Waals surface area contributed by atoms with Crippen LogP contribution >= 0.6 is 11.3 Å². The van der Waals surface area contributed by atoms with E-state index in [0.717, 1.165) is 16.1 Å². The maximum absolute atomic E-state index is 13.0. The van der Waals surface area contributed by atoms with Crippen molar-refractivity contribution in [3.8, 4) is 10.4 Å². The first-order valence-corrected chi connectivity index (χ1v) is 6.70. The highest BCUT2D eigenvalue weighted by atomic mass is 32.1. The Hall–Kier alpha value is -1.59. The second kappa shape index (κ2) is 5.59. The minimum atomic E-state index is -0.269. The molecule has 0 fully saturated rings. The van der Waals surface area contributed by atoms with Crippen molar-refractivity contribution in [3.05, 3.63) is 40.8 Å². The van der Waals surface area contributed by atoms with E-state index in [0.29, 0.717) is 11.6 Å². The van der Waals surface area contributed by atoms with E-state index in [9.17, 15) is 9.18 Å². The van der Waals surface area contributed by atoms with Gasteiger partial charge < -0.3 is 4.90 Å². The van der Waals surface area contributed by atoms with E-state index in [4.69, 9.17) is 0 Å². The zero-order valence-corrected chi connectivity index (χ0v) is 11.9. The minimum Gasteiger partial charge on any atom is -0.304 e. The first-order valence-electron chi connectivity index (χ1n) is 5.88. The Morgan fingerprint density at radius 1 is 1.32 bits per heavy atom. The molecule has 0 radical (unpaired) electrons. The van der Waals surface area contributed by atoms with Crippen LogP contribution in [0.1, 0.15) is 22.4 Å². The van der Waals surface area contributed by atoms with Crippen molar-refractivity contribution in [3.63, 3.8) is 0 Å². The highest BCUT2D eigenvalue weighted by Crippen LogP contribution is 2.31. The first-order chi connectivity index (χ1) is 8.97. The monoisotopic (exact) mass is 278 g/mol. The molecular weight excluding hydrogens is 263 g/mol. The standard InChI is InChI=1S/C14H15FN2OS/c1-9(18)14-16-12(8-17(2)3)13(19-14)10-4-6-11(15)7-5-10/h4-7H,8H2,1-3H3. The summed E-state index contributed by atoms with van der Waals surface area (Å²) >= 11 is 1.36. The molecule has 0 aliphatic carbocycles. The smallest absolute Gasteiger partial charge is 0.188 e. The second-order valence-electron chi connectivity index (χ2n) is 4.60. The van der Waals surface area contributed by atoms with Crippen LogP contribution in [0.25, 0.3) is 10.4 Å². The van der Waals surface area contributed by atoms with Crippen LogP contribution in [0, 0.1) is 5.82 Å². The van der Waals surface area contributed by atoms with Gasteiger partial charge in [0, 0.05) is 13.5 Å². The van der Waals surface area contributed by atoms with E-state index in [1.54, 1.807) is 12.1 Å². The van der Waals surface area contributed by atoms with Gasteiger partial charge in [0.15, 0.2) is 10.8 Å². The van der Waals surface area contributed by atoms with Gasteiger partial charge in [-0.3, -0.25) is 4.79 Å². The number of carbonyl (C=O) groups is 1. The van der Waals surface area contributed by atoms with Crippen molar-refractivity contribution in [2.45, 2.75) is 13.5 Å². The van der Waals surface area contributed by atoms with Crippen LogP contribution in [0.5, 0.6) is 0 Å². The summed E-state index contributed by atoms with van der Waals surface area (Å²) in [6.45, 7) is 2.16. The quantitative estimate of drug-likeness (QED) is 0.805. The molecule has 2 aromatic rings. The van der Waals surface area contributed by atoms with E-state index >= 15 is 0 Å². The molecule has 1 aromatic carbocycles. The van der Waals surface area contributed by atoms with Crippen molar-refractivity contribution in [2.75, 3.05) is 14.1 Å². The topological polar surface area (TPSA) is 33.2 Å². The fourth-order valence-corrected chi connectivity index (χ4v) is 2.71. The number of hydrogen-bond acceptors (Lipinski definition) is 4. The van der Waals surface area contributed by atoms with Crippen LogP contribution in [-0.4, -0.2) is 29.8 Å². The van der Waals surface area contributed by atoms with Crippen molar-refractivity contribution in [1.29, 1.82) is 0 Å². The molecule has 0 atom stereocenters. The molecule has 19 heavy (non-hydrogen) atoms. The van der Waals surface area contributed by atoms with Crippen LogP contribution in [0.15, 0.2) is 24.3 Å². The third-order valence-corrected chi connectivity index (χ3v) is 3.82. The summed E-state index contributed by atoms with van der Waals surface area (Å²) in [4.78, 5) is 18.8. The number of benzene rings is 1. The second-order valence-corrected chi connectivity index (χ2v) is 5.59. The average molecular weight is 278 g/mol. The summed E-state index contributed by atoms with van der Waals surface area (Å²) in [5, 5.41) is 0.496. The molecule has 0 spiro atoms. The van der Waals surface area contributed by atoms with Crippen molar-refractivity contribution in [1.82, 2.24) is 9.88 Å². The number of carbonyl (C=O) groups excluding carboxylic acids is 1. The molecule has 1 aromatic heterocycles. The molecule has 100 valence electrons. The lowest BCUT2D eigenvalue weighted by atomic mass is 10.1. The third kappa shape index (κ3) is 3.24. The number of aromatic nitrogens is 1. The van der Waals surface area contributed by atoms with Crippen molar-refractivity contribution in [2.24, 2.45) is 0 Å². The Bertz CT molecular complexity index is 590. The van der Waals surface area contributed by atoms with Gasteiger partial charge in [-0.05, 0) is 31.8 Å². The van der Waals surface area contributed by atoms with Gasteiger partial charge in [-0.25, -0.2) is 9.37 Å². The Balaban J connectivity index is 2.47. The molecule has 0 saturated carbocycles. The largest absolute Gasteiger partial charge is 0.304 e. The van der Waals surface area contributed by atoms with Crippen LogP contribution in [-0.2, 0) is 6.54 Å². The highest BCUT2D eigenvalue weighted by molar-refractivity contribution is 7.17. The fraction of sp³-hybridized carbons (Fsp3) is 0.286. The van der Waals surface area contributed by atoms with Gasteiger partial charge in [-0.2, -0.15) is 0 Å². The first kappa shape index (κ1) is 13.8. The Labute approximate surface area is 115 Å². The molecular formula is C14H15FN2OS. The maximum Gasteiger partial charge on any atom is 0.188 e. The van der Waals surface area contributed by atoms with Gasteiger partial charge in [0.1, 0.15) is 5.82 Å². The third-order valence-electron chi connectivity index (χ3n) is 2.57. The van der Waals surface area contributed by atoms with Crippen LogP contribution < -0.4 is 0 Å². The maximum atomic E-state index is 13.0. The number of nitrogens with zero attached hydrogens (tertiary/aromatic N) is 2. The number of rotatable bonds is 4. The lowest BCUT2D eigenvalue weighted by molar-refractivity contribution is 0.101. The zero-order chi connectivity index (χ0) is 14.0. The Morgan fingerprint density at radius 2 is 1.95 bits per heavy atom. The molecule has 0 unspecified atom stereocenters. The molecule has 0 bridgehead atoms. The SMILES string of the molecule is CC(=O)c1nc(CN(C)C)c(-c2ccc(F)cc2)s1. The van der Waals surface area contributed by atoms with Gasteiger partial charge in [0.05, 0.1) is 10.6 Å². The zero-order valence-electron chi connectivity index (χ0n) is 11.1. The van der Waals surface area contributed by atoms with Crippen LogP contribution in [0.2, 0.25) is 0 Å². The van der Waals surface area contributed by atoms with E-state index in [-0.39, 0.29) is 11.6 Å².